The first-order chi connectivity index (χ1) is 14.1. The number of carbonyl (C=O) groups is 1. The number of aryl methyl sites for hydroxylation is 1. The number of carbonyl (C=O) groups excluding carboxylic acids is 1. The van der Waals surface area contributed by atoms with Crippen molar-refractivity contribution in [2.75, 3.05) is 26.2 Å². The Hall–Kier alpha value is -1.33. The van der Waals surface area contributed by atoms with Gasteiger partial charge in [-0.15, -0.1) is 0 Å². The number of amides is 1. The molecule has 2 fully saturated rings. The fraction of sp³-hybridized carbons (Fsp3) is 0.667. The van der Waals surface area contributed by atoms with Crippen LogP contribution in [0.25, 0.3) is 0 Å². The van der Waals surface area contributed by atoms with Crippen molar-refractivity contribution in [3.63, 3.8) is 0 Å². The van der Waals surface area contributed by atoms with Gasteiger partial charge in [-0.05, 0) is 64.0 Å². The van der Waals surface area contributed by atoms with E-state index in [4.69, 9.17) is 4.99 Å². The quantitative estimate of drug-likeness (QED) is 0.666. The number of hydrogen-bond donors (Lipinski definition) is 0. The van der Waals surface area contributed by atoms with Crippen LogP contribution in [0.3, 0.4) is 0 Å². The van der Waals surface area contributed by atoms with E-state index in [-0.39, 0.29) is 17.2 Å². The Morgan fingerprint density at radius 3 is 2.59 bits per heavy atom. The number of hydrogen-bond acceptors (Lipinski definition) is 4. The molecule has 2 atom stereocenters. The van der Waals surface area contributed by atoms with Crippen LogP contribution >= 0.6 is 11.8 Å². The van der Waals surface area contributed by atoms with Crippen LogP contribution in [0.4, 0.5) is 0 Å². The lowest BCUT2D eigenvalue weighted by molar-refractivity contribution is -0.132. The Balaban J connectivity index is 1.33. The van der Waals surface area contributed by atoms with Gasteiger partial charge in [0.1, 0.15) is 5.25 Å². The lowest BCUT2D eigenvalue weighted by atomic mass is 10.0. The monoisotopic (exact) mass is 413 g/mol. The highest BCUT2D eigenvalue weighted by Crippen LogP contribution is 2.34. The van der Waals surface area contributed by atoms with Crippen LogP contribution in [0.15, 0.2) is 29.3 Å². The molecule has 1 saturated heterocycles. The van der Waals surface area contributed by atoms with E-state index in [0.29, 0.717) is 6.04 Å². The average molecular weight is 414 g/mol. The molecule has 1 aromatic carbocycles. The molecule has 29 heavy (non-hydrogen) atoms. The Kier molecular flexibility index (Phi) is 6.65. The minimum absolute atomic E-state index is 0.0475. The summed E-state index contributed by atoms with van der Waals surface area (Å²) >= 11 is 1.67. The van der Waals surface area contributed by atoms with Crippen LogP contribution in [0.2, 0.25) is 0 Å². The largest absolute Gasteiger partial charge is 0.342 e. The molecule has 1 amide bonds. The second-order valence-electron chi connectivity index (χ2n) is 9.02. The molecule has 0 bridgehead atoms. The Bertz CT molecular complexity index is 752. The van der Waals surface area contributed by atoms with Crippen LogP contribution in [-0.4, -0.2) is 64.3 Å². The number of benzene rings is 1. The van der Waals surface area contributed by atoms with Gasteiger partial charge in [0.2, 0.25) is 5.91 Å². The number of likely N-dealkylation sites (tertiary alicyclic amines) is 1. The summed E-state index contributed by atoms with van der Waals surface area (Å²) in [7, 11) is 0. The molecular weight excluding hydrogens is 378 g/mol. The van der Waals surface area contributed by atoms with E-state index in [2.05, 4.69) is 54.8 Å². The zero-order chi connectivity index (χ0) is 20.4. The highest BCUT2D eigenvalue weighted by molar-refractivity contribution is 8.15. The number of thioether (sulfide) groups is 1. The van der Waals surface area contributed by atoms with Gasteiger partial charge in [0, 0.05) is 31.2 Å². The van der Waals surface area contributed by atoms with Crippen LogP contribution in [0, 0.1) is 12.8 Å². The number of nitrogens with zero attached hydrogens (tertiary/aromatic N) is 3. The molecule has 0 radical (unpaired) electrons. The summed E-state index contributed by atoms with van der Waals surface area (Å²) in [6.45, 7) is 10.8. The summed E-state index contributed by atoms with van der Waals surface area (Å²) in [5, 5.41) is 0.960. The fourth-order valence-corrected chi connectivity index (χ4v) is 6.01. The SMILES string of the molecule is CCCN(CC1CC1)C1CCN(C(=O)C2SC(c3ccccc3C)=NC2C)CC1. The first-order valence-electron chi connectivity index (χ1n) is 11.4. The van der Waals surface area contributed by atoms with Crippen molar-refractivity contribution >= 4 is 22.7 Å². The van der Waals surface area contributed by atoms with Crippen molar-refractivity contribution in [2.24, 2.45) is 10.9 Å². The summed E-state index contributed by atoms with van der Waals surface area (Å²) in [6, 6.07) is 9.06. The molecule has 0 spiro atoms. The van der Waals surface area contributed by atoms with E-state index in [1.54, 1.807) is 11.8 Å². The standard InChI is InChI=1S/C24H35N3OS/c1-4-13-27(16-19-9-10-19)20-11-14-26(15-12-20)24(28)22-18(3)25-23(29-22)21-8-6-5-7-17(21)2/h5-8,18-20,22H,4,9-16H2,1-3H3. The smallest absolute Gasteiger partial charge is 0.238 e. The number of piperidine rings is 1. The molecule has 4 rings (SSSR count). The third kappa shape index (κ3) is 4.88. The molecule has 1 aliphatic carbocycles. The van der Waals surface area contributed by atoms with E-state index >= 15 is 0 Å². The van der Waals surface area contributed by atoms with Gasteiger partial charge in [0.25, 0.3) is 0 Å². The summed E-state index contributed by atoms with van der Waals surface area (Å²) in [4.78, 5) is 23.0. The molecule has 2 heterocycles. The third-order valence-electron chi connectivity index (χ3n) is 6.61. The molecule has 2 unspecified atom stereocenters. The van der Waals surface area contributed by atoms with E-state index < -0.39 is 0 Å². The molecule has 1 aromatic rings. The van der Waals surface area contributed by atoms with Gasteiger partial charge in [-0.3, -0.25) is 14.7 Å². The minimum Gasteiger partial charge on any atom is -0.342 e. The van der Waals surface area contributed by atoms with Crippen LogP contribution in [0.5, 0.6) is 0 Å². The van der Waals surface area contributed by atoms with Gasteiger partial charge >= 0.3 is 0 Å². The predicted octanol–water partition coefficient (Wildman–Crippen LogP) is 4.36. The van der Waals surface area contributed by atoms with Crippen LogP contribution in [-0.2, 0) is 4.79 Å². The molecule has 0 aromatic heterocycles. The summed E-state index contributed by atoms with van der Waals surface area (Å²) in [5.74, 6) is 1.23. The summed E-state index contributed by atoms with van der Waals surface area (Å²) in [6.07, 6.45) is 6.29. The molecule has 2 aliphatic heterocycles. The molecule has 4 nitrogen and oxygen atoms in total. The maximum Gasteiger partial charge on any atom is 0.238 e. The Morgan fingerprint density at radius 2 is 1.93 bits per heavy atom. The predicted molar refractivity (Wildman–Crippen MR) is 123 cm³/mol. The van der Waals surface area contributed by atoms with Crippen molar-refractivity contribution in [1.82, 2.24) is 9.80 Å². The van der Waals surface area contributed by atoms with E-state index in [0.717, 1.165) is 36.9 Å². The van der Waals surface area contributed by atoms with Gasteiger partial charge in [-0.2, -0.15) is 0 Å². The van der Waals surface area contributed by atoms with Gasteiger partial charge < -0.3 is 4.90 Å². The lowest BCUT2D eigenvalue weighted by Crippen LogP contribution is -2.50. The molecule has 5 heteroatoms. The van der Waals surface area contributed by atoms with Crippen molar-refractivity contribution in [3.8, 4) is 0 Å². The van der Waals surface area contributed by atoms with E-state index in [1.165, 1.54) is 43.5 Å². The topological polar surface area (TPSA) is 35.9 Å². The minimum atomic E-state index is -0.0700. The molecule has 1 saturated carbocycles. The van der Waals surface area contributed by atoms with Crippen molar-refractivity contribution in [2.45, 2.75) is 70.2 Å². The summed E-state index contributed by atoms with van der Waals surface area (Å²) in [5.41, 5.74) is 2.40. The van der Waals surface area contributed by atoms with Crippen LogP contribution in [0.1, 0.15) is 57.1 Å². The Labute approximate surface area is 180 Å². The van der Waals surface area contributed by atoms with Gasteiger partial charge in [0.05, 0.1) is 11.1 Å². The zero-order valence-electron chi connectivity index (χ0n) is 18.1. The first-order valence-corrected chi connectivity index (χ1v) is 12.3. The van der Waals surface area contributed by atoms with Gasteiger partial charge in [-0.1, -0.05) is 43.0 Å². The number of aliphatic imine (C=N–C) groups is 1. The van der Waals surface area contributed by atoms with Crippen molar-refractivity contribution in [1.29, 1.82) is 0 Å². The van der Waals surface area contributed by atoms with Gasteiger partial charge in [0.15, 0.2) is 0 Å². The fourth-order valence-electron chi connectivity index (χ4n) is 4.68. The average Bonchev–Trinajstić information content (AvgIpc) is 3.47. The normalized spacial score (nSPS) is 25.5. The van der Waals surface area contributed by atoms with Crippen LogP contribution < -0.4 is 0 Å². The van der Waals surface area contributed by atoms with Crippen molar-refractivity contribution < 1.29 is 4.79 Å². The molecular formula is C24H35N3OS. The maximum absolute atomic E-state index is 13.3. The highest BCUT2D eigenvalue weighted by Gasteiger charge is 2.38. The Morgan fingerprint density at radius 1 is 1.21 bits per heavy atom. The van der Waals surface area contributed by atoms with Crippen molar-refractivity contribution in [3.05, 3.63) is 35.4 Å². The first kappa shape index (κ1) is 20.9. The second kappa shape index (κ2) is 9.22. The maximum atomic E-state index is 13.3. The summed E-state index contributed by atoms with van der Waals surface area (Å²) < 4.78 is 0. The zero-order valence-corrected chi connectivity index (χ0v) is 19.0. The second-order valence-corrected chi connectivity index (χ2v) is 10.2. The van der Waals surface area contributed by atoms with E-state index in [1.807, 2.05) is 0 Å². The molecule has 0 N–H and O–H groups in total. The van der Waals surface area contributed by atoms with E-state index in [9.17, 15) is 4.79 Å². The van der Waals surface area contributed by atoms with Gasteiger partial charge in [-0.25, -0.2) is 0 Å². The molecule has 3 aliphatic rings. The molecule has 158 valence electrons. The number of rotatable bonds is 7. The lowest BCUT2D eigenvalue weighted by Gasteiger charge is -2.39. The third-order valence-corrected chi connectivity index (χ3v) is 8.01. The highest BCUT2D eigenvalue weighted by atomic mass is 32.2.